The molecule has 0 spiro atoms. The average molecular weight is 183 g/mol. The van der Waals surface area contributed by atoms with Crippen molar-refractivity contribution in [2.24, 2.45) is 0 Å². The molecule has 0 aliphatic carbocycles. The SMILES string of the molecule is O=C(O)C(CS)c1cccnc1. The summed E-state index contributed by atoms with van der Waals surface area (Å²) in [6.07, 6.45) is 3.16. The number of pyridine rings is 1. The molecule has 0 aromatic carbocycles. The number of hydrogen-bond donors (Lipinski definition) is 2. The Morgan fingerprint density at radius 2 is 2.50 bits per heavy atom. The number of aliphatic carboxylic acids is 1. The van der Waals surface area contributed by atoms with Gasteiger partial charge in [-0.2, -0.15) is 12.6 Å². The van der Waals surface area contributed by atoms with Crippen molar-refractivity contribution in [1.29, 1.82) is 0 Å². The zero-order valence-corrected chi connectivity index (χ0v) is 7.24. The second-order valence-electron chi connectivity index (χ2n) is 2.36. The normalized spacial score (nSPS) is 12.4. The third kappa shape index (κ3) is 1.98. The first-order valence-corrected chi connectivity index (χ1v) is 4.12. The lowest BCUT2D eigenvalue weighted by atomic mass is 10.0. The van der Waals surface area contributed by atoms with Gasteiger partial charge in [0.05, 0.1) is 5.92 Å². The highest BCUT2D eigenvalue weighted by Crippen LogP contribution is 2.15. The van der Waals surface area contributed by atoms with Crippen molar-refractivity contribution < 1.29 is 9.90 Å². The van der Waals surface area contributed by atoms with Crippen molar-refractivity contribution in [2.45, 2.75) is 5.92 Å². The second-order valence-corrected chi connectivity index (χ2v) is 2.72. The molecule has 0 bridgehead atoms. The van der Waals surface area contributed by atoms with E-state index in [1.54, 1.807) is 24.5 Å². The van der Waals surface area contributed by atoms with Gasteiger partial charge in [0.15, 0.2) is 0 Å². The molecule has 4 heteroatoms. The number of thiol groups is 1. The summed E-state index contributed by atoms with van der Waals surface area (Å²) in [5.74, 6) is -1.12. The Labute approximate surface area is 75.9 Å². The summed E-state index contributed by atoms with van der Waals surface area (Å²) in [4.78, 5) is 14.5. The molecular formula is C8H9NO2S. The van der Waals surface area contributed by atoms with Gasteiger partial charge < -0.3 is 5.11 Å². The van der Waals surface area contributed by atoms with E-state index in [-0.39, 0.29) is 0 Å². The molecular weight excluding hydrogens is 174 g/mol. The molecule has 0 aliphatic rings. The van der Waals surface area contributed by atoms with Crippen molar-refractivity contribution in [2.75, 3.05) is 5.75 Å². The van der Waals surface area contributed by atoms with Crippen molar-refractivity contribution >= 4 is 18.6 Å². The fourth-order valence-electron chi connectivity index (χ4n) is 0.908. The van der Waals surface area contributed by atoms with Crippen molar-refractivity contribution in [3.63, 3.8) is 0 Å². The van der Waals surface area contributed by atoms with Gasteiger partial charge in [-0.15, -0.1) is 0 Å². The molecule has 1 aromatic heterocycles. The summed E-state index contributed by atoms with van der Waals surface area (Å²) in [6, 6.07) is 3.46. The number of aromatic nitrogens is 1. The largest absolute Gasteiger partial charge is 0.481 e. The first-order valence-electron chi connectivity index (χ1n) is 3.49. The number of nitrogens with zero attached hydrogens (tertiary/aromatic N) is 1. The molecule has 3 nitrogen and oxygen atoms in total. The van der Waals surface area contributed by atoms with Gasteiger partial charge in [-0.25, -0.2) is 0 Å². The average Bonchev–Trinajstić information content (AvgIpc) is 2.07. The van der Waals surface area contributed by atoms with Crippen LogP contribution in [0.4, 0.5) is 0 Å². The molecule has 0 amide bonds. The Morgan fingerprint density at radius 1 is 1.75 bits per heavy atom. The first kappa shape index (κ1) is 9.06. The van der Waals surface area contributed by atoms with E-state index in [0.29, 0.717) is 11.3 Å². The van der Waals surface area contributed by atoms with E-state index in [2.05, 4.69) is 17.6 Å². The van der Waals surface area contributed by atoms with Gasteiger partial charge in [0.2, 0.25) is 0 Å². The third-order valence-corrected chi connectivity index (χ3v) is 1.93. The summed E-state index contributed by atoms with van der Waals surface area (Å²) >= 11 is 3.96. The van der Waals surface area contributed by atoms with Gasteiger partial charge in [0, 0.05) is 18.1 Å². The van der Waals surface area contributed by atoms with Crippen LogP contribution in [0, 0.1) is 0 Å². The van der Waals surface area contributed by atoms with Crippen molar-refractivity contribution in [3.05, 3.63) is 30.1 Å². The Hall–Kier alpha value is -1.03. The summed E-state index contributed by atoms with van der Waals surface area (Å²) in [5.41, 5.74) is 0.694. The van der Waals surface area contributed by atoms with Gasteiger partial charge >= 0.3 is 5.97 Å². The zero-order chi connectivity index (χ0) is 8.97. The maximum absolute atomic E-state index is 10.7. The molecule has 0 saturated heterocycles. The van der Waals surface area contributed by atoms with E-state index in [4.69, 9.17) is 5.11 Å². The first-order chi connectivity index (χ1) is 5.75. The molecule has 1 N–H and O–H groups in total. The lowest BCUT2D eigenvalue weighted by Gasteiger charge is -2.07. The predicted molar refractivity (Wildman–Crippen MR) is 48.5 cm³/mol. The van der Waals surface area contributed by atoms with Crippen LogP contribution in [0.3, 0.4) is 0 Å². The van der Waals surface area contributed by atoms with E-state index < -0.39 is 11.9 Å². The maximum Gasteiger partial charge on any atom is 0.311 e. The standard InChI is InChI=1S/C8H9NO2S/c10-8(11)7(5-12)6-2-1-3-9-4-6/h1-4,7,12H,5H2,(H,10,11). The van der Waals surface area contributed by atoms with Gasteiger partial charge in [-0.3, -0.25) is 9.78 Å². The van der Waals surface area contributed by atoms with Crippen LogP contribution >= 0.6 is 12.6 Å². The topological polar surface area (TPSA) is 50.2 Å². The quantitative estimate of drug-likeness (QED) is 0.692. The van der Waals surface area contributed by atoms with Crippen molar-refractivity contribution in [1.82, 2.24) is 4.98 Å². The van der Waals surface area contributed by atoms with Gasteiger partial charge in [0.25, 0.3) is 0 Å². The minimum absolute atomic E-state index is 0.293. The molecule has 0 radical (unpaired) electrons. The molecule has 0 fully saturated rings. The van der Waals surface area contributed by atoms with Crippen LogP contribution in [0.1, 0.15) is 11.5 Å². The number of hydrogen-bond acceptors (Lipinski definition) is 3. The van der Waals surface area contributed by atoms with Crippen LogP contribution in [0.15, 0.2) is 24.5 Å². The van der Waals surface area contributed by atoms with Crippen LogP contribution in [0.25, 0.3) is 0 Å². The lowest BCUT2D eigenvalue weighted by molar-refractivity contribution is -0.138. The van der Waals surface area contributed by atoms with Crippen LogP contribution in [0.2, 0.25) is 0 Å². The van der Waals surface area contributed by atoms with Crippen LogP contribution in [-0.4, -0.2) is 21.8 Å². The monoisotopic (exact) mass is 183 g/mol. The number of carboxylic acids is 1. The summed E-state index contributed by atoms with van der Waals surface area (Å²) < 4.78 is 0. The fourth-order valence-corrected chi connectivity index (χ4v) is 1.28. The van der Waals surface area contributed by atoms with E-state index >= 15 is 0 Å². The van der Waals surface area contributed by atoms with Gasteiger partial charge in [-0.05, 0) is 11.6 Å². The van der Waals surface area contributed by atoms with Crippen LogP contribution < -0.4 is 0 Å². The second kappa shape index (κ2) is 4.11. The highest BCUT2D eigenvalue weighted by molar-refractivity contribution is 7.80. The van der Waals surface area contributed by atoms with Crippen molar-refractivity contribution in [3.8, 4) is 0 Å². The van der Waals surface area contributed by atoms with Crippen LogP contribution in [0.5, 0.6) is 0 Å². The molecule has 0 aliphatic heterocycles. The zero-order valence-electron chi connectivity index (χ0n) is 6.34. The Balaban J connectivity index is 2.88. The predicted octanol–water partition coefficient (Wildman–Crippen LogP) is 1.18. The molecule has 64 valence electrons. The molecule has 1 rings (SSSR count). The fraction of sp³-hybridized carbons (Fsp3) is 0.250. The van der Waals surface area contributed by atoms with E-state index in [0.717, 1.165) is 0 Å². The van der Waals surface area contributed by atoms with E-state index in [1.165, 1.54) is 0 Å². The summed E-state index contributed by atoms with van der Waals surface area (Å²) in [6.45, 7) is 0. The highest BCUT2D eigenvalue weighted by Gasteiger charge is 2.17. The molecule has 1 atom stereocenters. The molecule has 1 unspecified atom stereocenters. The number of carbonyl (C=O) groups is 1. The number of carboxylic acid groups (broad SMARTS) is 1. The Morgan fingerprint density at radius 3 is 2.92 bits per heavy atom. The van der Waals surface area contributed by atoms with Gasteiger partial charge in [0.1, 0.15) is 0 Å². The molecule has 1 aromatic rings. The van der Waals surface area contributed by atoms with E-state index in [1.807, 2.05) is 0 Å². The minimum Gasteiger partial charge on any atom is -0.481 e. The summed E-state index contributed by atoms with van der Waals surface area (Å²) in [5, 5.41) is 8.75. The Bertz CT molecular complexity index is 263. The molecule has 12 heavy (non-hydrogen) atoms. The number of rotatable bonds is 3. The van der Waals surface area contributed by atoms with Crippen LogP contribution in [-0.2, 0) is 4.79 Å². The third-order valence-electron chi connectivity index (χ3n) is 1.57. The maximum atomic E-state index is 10.7. The lowest BCUT2D eigenvalue weighted by Crippen LogP contribution is -2.13. The van der Waals surface area contributed by atoms with Gasteiger partial charge in [-0.1, -0.05) is 6.07 Å². The van der Waals surface area contributed by atoms with E-state index in [9.17, 15) is 4.79 Å². The minimum atomic E-state index is -0.863. The Kier molecular flexibility index (Phi) is 3.10. The summed E-state index contributed by atoms with van der Waals surface area (Å²) in [7, 11) is 0. The molecule has 1 heterocycles. The molecule has 0 saturated carbocycles. The smallest absolute Gasteiger partial charge is 0.311 e. The highest BCUT2D eigenvalue weighted by atomic mass is 32.1.